The number of carboxylic acids is 1. The van der Waals surface area contributed by atoms with Crippen molar-refractivity contribution in [2.45, 2.75) is 12.8 Å². The molecule has 0 saturated heterocycles. The lowest BCUT2D eigenvalue weighted by Gasteiger charge is -2.21. The normalized spacial score (nSPS) is 17.6. The number of anilines is 1. The van der Waals surface area contributed by atoms with E-state index in [-0.39, 0.29) is 18.8 Å². The highest BCUT2D eigenvalue weighted by atomic mass is 32.2. The van der Waals surface area contributed by atoms with Crippen LogP contribution in [-0.2, 0) is 19.6 Å². The predicted molar refractivity (Wildman–Crippen MR) is 81.3 cm³/mol. The molecular formula is C14H18N2O5S. The summed E-state index contributed by atoms with van der Waals surface area (Å²) >= 11 is 0. The van der Waals surface area contributed by atoms with Gasteiger partial charge >= 0.3 is 5.97 Å². The van der Waals surface area contributed by atoms with Crippen LogP contribution >= 0.6 is 0 Å². The van der Waals surface area contributed by atoms with Gasteiger partial charge in [-0.2, -0.15) is 4.31 Å². The second-order valence-electron chi connectivity index (χ2n) is 5.11. The topological polar surface area (TPSA) is 95.0 Å². The van der Waals surface area contributed by atoms with Gasteiger partial charge in [0.05, 0.1) is 12.3 Å². The molecule has 120 valence electrons. The van der Waals surface area contributed by atoms with Crippen LogP contribution in [0, 0.1) is 0 Å². The number of para-hydroxylation sites is 1. The van der Waals surface area contributed by atoms with Crippen LogP contribution in [0.15, 0.2) is 24.3 Å². The van der Waals surface area contributed by atoms with Gasteiger partial charge in [-0.3, -0.25) is 9.59 Å². The Hall–Kier alpha value is -1.93. The molecule has 0 fully saturated rings. The smallest absolute Gasteiger partial charge is 0.312 e. The van der Waals surface area contributed by atoms with Crippen molar-refractivity contribution in [2.24, 2.45) is 0 Å². The minimum atomic E-state index is -3.46. The molecule has 0 saturated carbocycles. The molecule has 1 amide bonds. The van der Waals surface area contributed by atoms with E-state index in [1.165, 1.54) is 18.9 Å². The molecule has 22 heavy (non-hydrogen) atoms. The van der Waals surface area contributed by atoms with Crippen LogP contribution in [0.1, 0.15) is 18.4 Å². The molecule has 1 aromatic rings. The van der Waals surface area contributed by atoms with Gasteiger partial charge in [-0.1, -0.05) is 18.2 Å². The lowest BCUT2D eigenvalue weighted by molar-refractivity contribution is -0.138. The van der Waals surface area contributed by atoms with Gasteiger partial charge in [0.15, 0.2) is 0 Å². The molecule has 1 aliphatic heterocycles. The van der Waals surface area contributed by atoms with Crippen molar-refractivity contribution in [2.75, 3.05) is 30.8 Å². The minimum Gasteiger partial charge on any atom is -0.481 e. The average molecular weight is 326 g/mol. The molecule has 1 heterocycles. The number of likely N-dealkylation sites (N-methyl/N-ethyl adjacent to an activating group) is 1. The Labute approximate surface area is 129 Å². The molecule has 2 rings (SSSR count). The molecule has 7 nitrogen and oxygen atoms in total. The van der Waals surface area contributed by atoms with Crippen LogP contribution in [0.4, 0.5) is 5.69 Å². The van der Waals surface area contributed by atoms with Crippen LogP contribution in [0.25, 0.3) is 0 Å². The first-order valence-electron chi connectivity index (χ1n) is 6.84. The molecular weight excluding hydrogens is 308 g/mol. The number of carbonyl (C=O) groups excluding carboxylic acids is 1. The van der Waals surface area contributed by atoms with Crippen molar-refractivity contribution in [3.63, 3.8) is 0 Å². The Morgan fingerprint density at radius 2 is 2.00 bits per heavy atom. The first-order chi connectivity index (χ1) is 10.3. The summed E-state index contributed by atoms with van der Waals surface area (Å²) in [5.74, 6) is -2.31. The standard InChI is InChI=1S/C14H18N2O5S/c1-3-22(20,21)15(2)9-13(17)16-8-11(14(18)19)10-6-4-5-7-12(10)16/h4-7,11H,3,8-9H2,1-2H3,(H,18,19). The summed E-state index contributed by atoms with van der Waals surface area (Å²) < 4.78 is 24.4. The van der Waals surface area contributed by atoms with E-state index < -0.39 is 27.8 Å². The van der Waals surface area contributed by atoms with E-state index >= 15 is 0 Å². The summed E-state index contributed by atoms with van der Waals surface area (Å²) in [6, 6.07) is 6.78. The Morgan fingerprint density at radius 1 is 1.36 bits per heavy atom. The summed E-state index contributed by atoms with van der Waals surface area (Å²) in [6.45, 7) is 1.21. The number of aliphatic carboxylic acids is 1. The van der Waals surface area contributed by atoms with Gasteiger partial charge in [-0.25, -0.2) is 8.42 Å². The van der Waals surface area contributed by atoms with E-state index in [1.54, 1.807) is 24.3 Å². The number of hydrogen-bond donors (Lipinski definition) is 1. The van der Waals surface area contributed by atoms with E-state index in [0.717, 1.165) is 4.31 Å². The second kappa shape index (κ2) is 6.05. The molecule has 0 radical (unpaired) electrons. The third-order valence-corrected chi connectivity index (χ3v) is 5.57. The molecule has 1 unspecified atom stereocenters. The maximum atomic E-state index is 12.4. The average Bonchev–Trinajstić information content (AvgIpc) is 2.87. The Bertz CT molecular complexity index is 701. The number of carboxylic acid groups (broad SMARTS) is 1. The van der Waals surface area contributed by atoms with Crippen molar-refractivity contribution >= 4 is 27.6 Å². The van der Waals surface area contributed by atoms with Gasteiger partial charge in [0, 0.05) is 19.3 Å². The molecule has 8 heteroatoms. The number of hydrogen-bond acceptors (Lipinski definition) is 4. The van der Waals surface area contributed by atoms with Crippen LogP contribution in [0.2, 0.25) is 0 Å². The van der Waals surface area contributed by atoms with E-state index in [0.29, 0.717) is 11.3 Å². The molecule has 1 aromatic carbocycles. The van der Waals surface area contributed by atoms with E-state index in [4.69, 9.17) is 0 Å². The van der Waals surface area contributed by atoms with Crippen LogP contribution in [0.5, 0.6) is 0 Å². The second-order valence-corrected chi connectivity index (χ2v) is 7.48. The van der Waals surface area contributed by atoms with Crippen LogP contribution in [-0.4, -0.2) is 55.6 Å². The fourth-order valence-corrected chi connectivity index (χ4v) is 3.20. The van der Waals surface area contributed by atoms with Gasteiger partial charge in [-0.15, -0.1) is 0 Å². The van der Waals surface area contributed by atoms with Gasteiger partial charge in [0.25, 0.3) is 0 Å². The molecule has 0 bridgehead atoms. The van der Waals surface area contributed by atoms with Crippen LogP contribution in [0.3, 0.4) is 0 Å². The maximum absolute atomic E-state index is 12.4. The zero-order chi connectivity index (χ0) is 16.5. The highest BCUT2D eigenvalue weighted by Crippen LogP contribution is 2.36. The van der Waals surface area contributed by atoms with Crippen molar-refractivity contribution in [1.29, 1.82) is 0 Å². The number of benzene rings is 1. The number of nitrogens with zero attached hydrogens (tertiary/aromatic N) is 2. The molecule has 1 aliphatic rings. The number of sulfonamides is 1. The first-order valence-corrected chi connectivity index (χ1v) is 8.45. The van der Waals surface area contributed by atoms with E-state index in [2.05, 4.69) is 0 Å². The summed E-state index contributed by atoms with van der Waals surface area (Å²) in [6.07, 6.45) is 0. The summed E-state index contributed by atoms with van der Waals surface area (Å²) in [5.41, 5.74) is 1.10. The van der Waals surface area contributed by atoms with Gasteiger partial charge in [0.2, 0.25) is 15.9 Å². The Morgan fingerprint density at radius 3 is 2.59 bits per heavy atom. The van der Waals surface area contributed by atoms with Crippen molar-refractivity contribution < 1.29 is 23.1 Å². The Balaban J connectivity index is 2.24. The zero-order valence-electron chi connectivity index (χ0n) is 12.4. The van der Waals surface area contributed by atoms with Crippen LogP contribution < -0.4 is 4.90 Å². The highest BCUT2D eigenvalue weighted by molar-refractivity contribution is 7.89. The number of rotatable bonds is 5. The number of fused-ring (bicyclic) bond motifs is 1. The molecule has 0 aliphatic carbocycles. The van der Waals surface area contributed by atoms with Crippen molar-refractivity contribution in [3.05, 3.63) is 29.8 Å². The highest BCUT2D eigenvalue weighted by Gasteiger charge is 2.36. The fourth-order valence-electron chi connectivity index (χ4n) is 2.45. The zero-order valence-corrected chi connectivity index (χ0v) is 13.2. The molecule has 1 atom stereocenters. The van der Waals surface area contributed by atoms with Gasteiger partial charge in [-0.05, 0) is 18.6 Å². The Kier molecular flexibility index (Phi) is 4.52. The predicted octanol–water partition coefficient (Wildman–Crippen LogP) is 0.483. The SMILES string of the molecule is CCS(=O)(=O)N(C)CC(=O)N1CC(C(=O)O)c2ccccc21. The molecule has 0 spiro atoms. The van der Waals surface area contributed by atoms with Crippen molar-refractivity contribution in [3.8, 4) is 0 Å². The number of amides is 1. The third-order valence-electron chi connectivity index (χ3n) is 3.76. The van der Waals surface area contributed by atoms with E-state index in [9.17, 15) is 23.1 Å². The summed E-state index contributed by atoms with van der Waals surface area (Å²) in [7, 11) is -2.12. The fraction of sp³-hybridized carbons (Fsp3) is 0.429. The summed E-state index contributed by atoms with van der Waals surface area (Å²) in [5, 5.41) is 9.26. The molecule has 1 N–H and O–H groups in total. The summed E-state index contributed by atoms with van der Waals surface area (Å²) in [4.78, 5) is 25.0. The lowest BCUT2D eigenvalue weighted by Crippen LogP contribution is -2.41. The lowest BCUT2D eigenvalue weighted by atomic mass is 10.0. The minimum absolute atomic E-state index is 0.0214. The van der Waals surface area contributed by atoms with Gasteiger partial charge in [0.1, 0.15) is 5.92 Å². The van der Waals surface area contributed by atoms with E-state index in [1.807, 2.05) is 0 Å². The maximum Gasteiger partial charge on any atom is 0.312 e. The molecule has 0 aromatic heterocycles. The number of carbonyl (C=O) groups is 2. The van der Waals surface area contributed by atoms with Gasteiger partial charge < -0.3 is 10.0 Å². The monoisotopic (exact) mass is 326 g/mol. The largest absolute Gasteiger partial charge is 0.481 e. The van der Waals surface area contributed by atoms with Crippen molar-refractivity contribution in [1.82, 2.24) is 4.31 Å². The quantitative estimate of drug-likeness (QED) is 0.849. The first kappa shape index (κ1) is 16.4. The third kappa shape index (κ3) is 2.97.